The van der Waals surface area contributed by atoms with Crippen molar-refractivity contribution in [3.63, 3.8) is 0 Å². The van der Waals surface area contributed by atoms with Crippen LogP contribution < -0.4 is 10.6 Å². The Labute approximate surface area is 145 Å². The molecule has 1 aromatic heterocycles. The third-order valence-corrected chi connectivity index (χ3v) is 4.57. The molecular formula is C15H20ClN3O3S. The number of nitrogens with one attached hydrogen (secondary N) is 2. The lowest BCUT2D eigenvalue weighted by atomic mass is 10.1. The van der Waals surface area contributed by atoms with E-state index in [-0.39, 0.29) is 30.5 Å². The van der Waals surface area contributed by atoms with Crippen molar-refractivity contribution in [2.45, 2.75) is 25.7 Å². The topological polar surface area (TPSA) is 72.5 Å². The van der Waals surface area contributed by atoms with Crippen molar-refractivity contribution >= 4 is 45.0 Å². The van der Waals surface area contributed by atoms with Crippen LogP contribution >= 0.6 is 23.7 Å². The molecule has 0 spiro atoms. The maximum Gasteiger partial charge on any atom is 0.245 e. The van der Waals surface area contributed by atoms with Crippen LogP contribution in [0.3, 0.4) is 0 Å². The number of para-hydroxylation sites is 1. The van der Waals surface area contributed by atoms with E-state index in [0.29, 0.717) is 24.9 Å². The van der Waals surface area contributed by atoms with E-state index in [1.807, 2.05) is 25.1 Å². The quantitative estimate of drug-likeness (QED) is 0.877. The number of rotatable bonds is 4. The molecule has 126 valence electrons. The molecule has 2 aromatic rings. The van der Waals surface area contributed by atoms with Crippen LogP contribution in [0.25, 0.3) is 10.2 Å². The van der Waals surface area contributed by atoms with Crippen LogP contribution in [0, 0.1) is 0 Å². The molecule has 1 saturated heterocycles. The zero-order chi connectivity index (χ0) is 15.5. The van der Waals surface area contributed by atoms with Gasteiger partial charge in [-0.2, -0.15) is 0 Å². The first-order chi connectivity index (χ1) is 10.7. The molecule has 1 aliphatic heterocycles. The second kappa shape index (κ2) is 8.03. The monoisotopic (exact) mass is 357 g/mol. The molecule has 1 aromatic carbocycles. The normalized spacial score (nSPS) is 21.0. The fourth-order valence-electron chi connectivity index (χ4n) is 2.54. The summed E-state index contributed by atoms with van der Waals surface area (Å²) in [6.07, 6.45) is -0.146. The fraction of sp³-hybridized carbons (Fsp3) is 0.467. The smallest absolute Gasteiger partial charge is 0.245 e. The number of hydrogen-bond donors (Lipinski definition) is 2. The lowest BCUT2D eigenvalue weighted by Gasteiger charge is -2.28. The highest BCUT2D eigenvalue weighted by Crippen LogP contribution is 2.28. The largest absolute Gasteiger partial charge is 0.380 e. The van der Waals surface area contributed by atoms with E-state index in [2.05, 4.69) is 15.6 Å². The minimum absolute atomic E-state index is 0. The van der Waals surface area contributed by atoms with Crippen molar-refractivity contribution in [2.75, 3.05) is 25.6 Å². The SMILES string of the molecule is COCc1cccc2sc(NC(=O)[C@H]3NCCO[C@@H]3C)nc12.Cl. The van der Waals surface area contributed by atoms with E-state index in [1.165, 1.54) is 11.3 Å². The molecule has 0 radical (unpaired) electrons. The Hall–Kier alpha value is -1.25. The Balaban J connectivity index is 0.00000192. The van der Waals surface area contributed by atoms with Crippen LogP contribution in [-0.2, 0) is 20.9 Å². The van der Waals surface area contributed by atoms with Gasteiger partial charge in [0.05, 0.1) is 29.5 Å². The molecule has 8 heteroatoms. The highest BCUT2D eigenvalue weighted by atomic mass is 35.5. The van der Waals surface area contributed by atoms with E-state index < -0.39 is 0 Å². The number of ether oxygens (including phenoxy) is 2. The Morgan fingerprint density at radius 2 is 2.39 bits per heavy atom. The Morgan fingerprint density at radius 1 is 1.57 bits per heavy atom. The standard InChI is InChI=1S/C15H19N3O3S.ClH/c1-9-12(16-6-7-21-9)14(19)18-15-17-13-10(8-20-2)4-3-5-11(13)22-15;/h3-5,9,12,16H,6-8H2,1-2H3,(H,17,18,19);1H/t9-,12+;/m1./s1. The molecule has 1 amide bonds. The number of halogens is 1. The summed E-state index contributed by atoms with van der Waals surface area (Å²) in [5.41, 5.74) is 1.90. The fourth-order valence-corrected chi connectivity index (χ4v) is 3.46. The van der Waals surface area contributed by atoms with Crippen molar-refractivity contribution in [1.29, 1.82) is 0 Å². The van der Waals surface area contributed by atoms with Crippen LogP contribution in [0.1, 0.15) is 12.5 Å². The van der Waals surface area contributed by atoms with Gasteiger partial charge in [-0.15, -0.1) is 12.4 Å². The van der Waals surface area contributed by atoms with Gasteiger partial charge >= 0.3 is 0 Å². The maximum atomic E-state index is 12.4. The van der Waals surface area contributed by atoms with Gasteiger partial charge in [0.15, 0.2) is 5.13 Å². The second-order valence-corrected chi connectivity index (χ2v) is 6.24. The third-order valence-electron chi connectivity index (χ3n) is 3.63. The molecule has 0 unspecified atom stereocenters. The molecule has 23 heavy (non-hydrogen) atoms. The van der Waals surface area contributed by atoms with Crippen molar-refractivity contribution in [3.05, 3.63) is 23.8 Å². The summed E-state index contributed by atoms with van der Waals surface area (Å²) in [6, 6.07) is 5.60. The first-order valence-electron chi connectivity index (χ1n) is 7.22. The van der Waals surface area contributed by atoms with E-state index in [0.717, 1.165) is 15.8 Å². The number of benzene rings is 1. The molecule has 2 heterocycles. The predicted octanol–water partition coefficient (Wildman–Crippen LogP) is 2.18. The number of anilines is 1. The number of thiazole rings is 1. The van der Waals surface area contributed by atoms with E-state index in [1.54, 1.807) is 7.11 Å². The molecular weight excluding hydrogens is 338 g/mol. The van der Waals surface area contributed by atoms with Crippen LogP contribution in [0.5, 0.6) is 0 Å². The third kappa shape index (κ3) is 3.99. The minimum atomic E-state index is -0.348. The van der Waals surface area contributed by atoms with Gasteiger partial charge in [0.25, 0.3) is 0 Å². The highest BCUT2D eigenvalue weighted by Gasteiger charge is 2.28. The van der Waals surface area contributed by atoms with Gasteiger partial charge in [0, 0.05) is 19.2 Å². The number of methoxy groups -OCH3 is 1. The first-order valence-corrected chi connectivity index (χ1v) is 8.04. The molecule has 0 bridgehead atoms. The average molecular weight is 358 g/mol. The summed E-state index contributed by atoms with van der Waals surface area (Å²) in [7, 11) is 1.66. The summed E-state index contributed by atoms with van der Waals surface area (Å²) in [5.74, 6) is -0.112. The molecule has 0 aliphatic carbocycles. The van der Waals surface area contributed by atoms with Crippen molar-refractivity contribution in [3.8, 4) is 0 Å². The van der Waals surface area contributed by atoms with Crippen LogP contribution in [0.15, 0.2) is 18.2 Å². The molecule has 2 atom stereocenters. The Kier molecular flexibility index (Phi) is 6.32. The van der Waals surface area contributed by atoms with Crippen molar-refractivity contribution < 1.29 is 14.3 Å². The van der Waals surface area contributed by atoms with Crippen LogP contribution in [0.2, 0.25) is 0 Å². The Morgan fingerprint density at radius 3 is 3.13 bits per heavy atom. The van der Waals surface area contributed by atoms with Crippen molar-refractivity contribution in [2.24, 2.45) is 0 Å². The highest BCUT2D eigenvalue weighted by molar-refractivity contribution is 7.22. The summed E-state index contributed by atoms with van der Waals surface area (Å²) in [5, 5.41) is 6.66. The van der Waals surface area contributed by atoms with Gasteiger partial charge in [-0.25, -0.2) is 4.98 Å². The number of carbonyl (C=O) groups excluding carboxylic acids is 1. The van der Waals surface area contributed by atoms with E-state index in [4.69, 9.17) is 9.47 Å². The molecule has 3 rings (SSSR count). The molecule has 0 saturated carbocycles. The second-order valence-electron chi connectivity index (χ2n) is 5.21. The van der Waals surface area contributed by atoms with Gasteiger partial charge in [-0.05, 0) is 13.0 Å². The summed E-state index contributed by atoms with van der Waals surface area (Å²) >= 11 is 1.46. The number of hydrogen-bond acceptors (Lipinski definition) is 6. The first kappa shape index (κ1) is 18.1. The number of fused-ring (bicyclic) bond motifs is 1. The molecule has 1 fully saturated rings. The Bertz CT molecular complexity index is 679. The number of morpholine rings is 1. The van der Waals surface area contributed by atoms with Gasteiger partial charge in [0.2, 0.25) is 5.91 Å². The van der Waals surface area contributed by atoms with Gasteiger partial charge < -0.3 is 20.1 Å². The zero-order valence-corrected chi connectivity index (χ0v) is 14.6. The summed E-state index contributed by atoms with van der Waals surface area (Å²) < 4.78 is 11.7. The number of nitrogens with zero attached hydrogens (tertiary/aromatic N) is 1. The predicted molar refractivity (Wildman–Crippen MR) is 93.4 cm³/mol. The molecule has 1 aliphatic rings. The average Bonchev–Trinajstić information content (AvgIpc) is 2.91. The number of carbonyl (C=O) groups is 1. The van der Waals surface area contributed by atoms with Crippen LogP contribution in [0.4, 0.5) is 5.13 Å². The summed E-state index contributed by atoms with van der Waals surface area (Å²) in [4.78, 5) is 16.9. The lowest BCUT2D eigenvalue weighted by Crippen LogP contribution is -2.53. The van der Waals surface area contributed by atoms with Crippen LogP contribution in [-0.4, -0.2) is 43.3 Å². The maximum absolute atomic E-state index is 12.4. The van der Waals surface area contributed by atoms with Gasteiger partial charge in [-0.1, -0.05) is 23.5 Å². The number of aromatic nitrogens is 1. The molecule has 6 nitrogen and oxygen atoms in total. The summed E-state index contributed by atoms with van der Waals surface area (Å²) in [6.45, 7) is 3.71. The molecule has 2 N–H and O–H groups in total. The van der Waals surface area contributed by atoms with Gasteiger partial charge in [-0.3, -0.25) is 4.79 Å². The minimum Gasteiger partial charge on any atom is -0.380 e. The van der Waals surface area contributed by atoms with Gasteiger partial charge in [0.1, 0.15) is 6.04 Å². The van der Waals surface area contributed by atoms with Crippen molar-refractivity contribution in [1.82, 2.24) is 10.3 Å². The van der Waals surface area contributed by atoms with E-state index >= 15 is 0 Å². The zero-order valence-electron chi connectivity index (χ0n) is 13.0. The number of amides is 1. The van der Waals surface area contributed by atoms with E-state index in [9.17, 15) is 4.79 Å². The lowest BCUT2D eigenvalue weighted by molar-refractivity contribution is -0.123.